The molecule has 0 amide bonds. The van der Waals surface area contributed by atoms with Crippen molar-refractivity contribution >= 4 is 11.6 Å². The van der Waals surface area contributed by atoms with Gasteiger partial charge >= 0.3 is 0 Å². The molecule has 1 fully saturated rings. The van der Waals surface area contributed by atoms with Crippen molar-refractivity contribution in [3.8, 4) is 0 Å². The molecule has 0 radical (unpaired) electrons. The molecule has 10 heavy (non-hydrogen) atoms. The molecule has 0 aliphatic carbocycles. The Bertz CT molecular complexity index is 132. The van der Waals surface area contributed by atoms with Crippen molar-refractivity contribution in [3.63, 3.8) is 0 Å². The van der Waals surface area contributed by atoms with Gasteiger partial charge in [-0.15, -0.1) is 0 Å². The lowest BCUT2D eigenvalue weighted by Crippen LogP contribution is -2.46. The average Bonchev–Trinajstić information content (AvgIpc) is 1.84. The van der Waals surface area contributed by atoms with E-state index < -0.39 is 0 Å². The molecule has 0 aromatic heterocycles. The van der Waals surface area contributed by atoms with Crippen LogP contribution in [0.1, 0.15) is 6.92 Å². The minimum Gasteiger partial charge on any atom is -0.378 e. The molecule has 2 nitrogen and oxygen atoms in total. The van der Waals surface area contributed by atoms with E-state index in [0.717, 1.165) is 25.3 Å². The van der Waals surface area contributed by atoms with Gasteiger partial charge in [-0.05, 0) is 12.5 Å². The molecular weight excluding hydrogens is 150 g/mol. The van der Waals surface area contributed by atoms with Crippen LogP contribution >= 0.6 is 11.6 Å². The van der Waals surface area contributed by atoms with E-state index in [9.17, 15) is 0 Å². The minimum absolute atomic E-state index is 0.548. The van der Waals surface area contributed by atoms with Gasteiger partial charge in [0.05, 0.1) is 19.3 Å². The first-order valence-corrected chi connectivity index (χ1v) is 3.83. The third-order valence-electron chi connectivity index (χ3n) is 1.49. The van der Waals surface area contributed by atoms with Crippen molar-refractivity contribution in [2.24, 2.45) is 0 Å². The molecule has 3 heteroatoms. The van der Waals surface area contributed by atoms with Gasteiger partial charge in [0.2, 0.25) is 0 Å². The summed E-state index contributed by atoms with van der Waals surface area (Å²) in [4.78, 5) is 0. The highest BCUT2D eigenvalue weighted by Gasteiger charge is 2.16. The number of rotatable bonds is 3. The van der Waals surface area contributed by atoms with E-state index in [1.165, 1.54) is 0 Å². The summed E-state index contributed by atoms with van der Waals surface area (Å²) in [6.07, 6.45) is 0. The molecule has 1 saturated heterocycles. The maximum Gasteiger partial charge on any atom is 0.0643 e. The van der Waals surface area contributed by atoms with Gasteiger partial charge in [-0.25, -0.2) is 0 Å². The van der Waals surface area contributed by atoms with E-state index in [2.05, 4.69) is 5.32 Å². The van der Waals surface area contributed by atoms with Gasteiger partial charge in [-0.1, -0.05) is 11.6 Å². The van der Waals surface area contributed by atoms with Crippen LogP contribution in [0.4, 0.5) is 0 Å². The van der Waals surface area contributed by atoms with Gasteiger partial charge in [0.1, 0.15) is 0 Å². The molecular formula is C7H12ClNO. The minimum atomic E-state index is 0.548. The average molecular weight is 162 g/mol. The first-order chi connectivity index (χ1) is 4.83. The number of halogens is 1. The van der Waals surface area contributed by atoms with Crippen LogP contribution in [0, 0.1) is 0 Å². The standard InChI is InChI=1S/C7H12ClNO/c1-6(2-8)3-9-7-4-10-5-7/h2,7,9H,3-5H2,1H3/b6-2+. The first kappa shape index (κ1) is 8.05. The monoisotopic (exact) mass is 161 g/mol. The Morgan fingerprint density at radius 2 is 2.50 bits per heavy atom. The number of nitrogens with one attached hydrogen (secondary N) is 1. The van der Waals surface area contributed by atoms with Gasteiger partial charge in [0, 0.05) is 12.1 Å². The number of hydrogen-bond donors (Lipinski definition) is 1. The molecule has 0 aromatic carbocycles. The zero-order valence-electron chi connectivity index (χ0n) is 6.06. The number of ether oxygens (including phenoxy) is 1. The molecule has 58 valence electrons. The van der Waals surface area contributed by atoms with Gasteiger partial charge in [-0.2, -0.15) is 0 Å². The van der Waals surface area contributed by atoms with E-state index in [1.54, 1.807) is 5.54 Å². The Labute approximate surface area is 66.2 Å². The summed E-state index contributed by atoms with van der Waals surface area (Å²) in [7, 11) is 0. The Morgan fingerprint density at radius 3 is 2.90 bits per heavy atom. The third kappa shape index (κ3) is 2.29. The predicted octanol–water partition coefficient (Wildman–Crippen LogP) is 1.12. The van der Waals surface area contributed by atoms with Crippen molar-refractivity contribution in [2.75, 3.05) is 19.8 Å². The van der Waals surface area contributed by atoms with Crippen LogP contribution in [-0.4, -0.2) is 25.8 Å². The van der Waals surface area contributed by atoms with E-state index in [4.69, 9.17) is 16.3 Å². The van der Waals surface area contributed by atoms with Crippen LogP contribution in [0.25, 0.3) is 0 Å². The lowest BCUT2D eigenvalue weighted by atomic mass is 10.2. The number of hydrogen-bond acceptors (Lipinski definition) is 2. The smallest absolute Gasteiger partial charge is 0.0643 e. The predicted molar refractivity (Wildman–Crippen MR) is 42.2 cm³/mol. The fourth-order valence-electron chi connectivity index (χ4n) is 0.697. The molecule has 1 aliphatic rings. The largest absolute Gasteiger partial charge is 0.378 e. The highest BCUT2D eigenvalue weighted by Crippen LogP contribution is 2.00. The van der Waals surface area contributed by atoms with Gasteiger partial charge in [0.15, 0.2) is 0 Å². The Morgan fingerprint density at radius 1 is 1.80 bits per heavy atom. The molecule has 0 bridgehead atoms. The molecule has 0 saturated carbocycles. The molecule has 1 heterocycles. The second kappa shape index (κ2) is 3.96. The molecule has 0 aromatic rings. The topological polar surface area (TPSA) is 21.3 Å². The second-order valence-electron chi connectivity index (χ2n) is 2.57. The summed E-state index contributed by atoms with van der Waals surface area (Å²) >= 11 is 5.46. The maximum atomic E-state index is 5.46. The molecule has 0 unspecified atom stereocenters. The van der Waals surface area contributed by atoms with Gasteiger partial charge in [0.25, 0.3) is 0 Å². The van der Waals surface area contributed by atoms with Crippen LogP contribution in [0.5, 0.6) is 0 Å². The molecule has 0 spiro atoms. The quantitative estimate of drug-likeness (QED) is 0.670. The van der Waals surface area contributed by atoms with Crippen molar-refractivity contribution in [3.05, 3.63) is 11.1 Å². The zero-order valence-corrected chi connectivity index (χ0v) is 6.82. The van der Waals surface area contributed by atoms with E-state index in [1.807, 2.05) is 6.92 Å². The Hall–Kier alpha value is -0.0500. The Balaban J connectivity index is 2.04. The van der Waals surface area contributed by atoms with Crippen LogP contribution in [-0.2, 0) is 4.74 Å². The molecule has 0 atom stereocenters. The van der Waals surface area contributed by atoms with Crippen LogP contribution < -0.4 is 5.32 Å². The van der Waals surface area contributed by atoms with E-state index in [-0.39, 0.29) is 0 Å². The van der Waals surface area contributed by atoms with Crippen molar-refractivity contribution in [1.29, 1.82) is 0 Å². The first-order valence-electron chi connectivity index (χ1n) is 3.40. The Kier molecular flexibility index (Phi) is 3.19. The summed E-state index contributed by atoms with van der Waals surface area (Å²) in [5, 5.41) is 3.29. The second-order valence-corrected chi connectivity index (χ2v) is 2.79. The summed E-state index contributed by atoms with van der Waals surface area (Å²) in [6.45, 7) is 4.56. The highest BCUT2D eigenvalue weighted by atomic mass is 35.5. The fraction of sp³-hybridized carbons (Fsp3) is 0.714. The third-order valence-corrected chi connectivity index (χ3v) is 1.87. The summed E-state index contributed by atoms with van der Waals surface area (Å²) < 4.78 is 4.99. The summed E-state index contributed by atoms with van der Waals surface area (Å²) in [5.74, 6) is 0. The molecule has 1 rings (SSSR count). The van der Waals surface area contributed by atoms with Crippen molar-refractivity contribution in [1.82, 2.24) is 5.32 Å². The molecule has 1 aliphatic heterocycles. The fourth-order valence-corrected chi connectivity index (χ4v) is 0.775. The normalized spacial score (nSPS) is 20.8. The lowest BCUT2D eigenvalue weighted by molar-refractivity contribution is -0.00372. The maximum absolute atomic E-state index is 5.46. The van der Waals surface area contributed by atoms with Gasteiger partial charge < -0.3 is 10.1 Å². The zero-order chi connectivity index (χ0) is 7.40. The van der Waals surface area contributed by atoms with Crippen LogP contribution in [0.15, 0.2) is 11.1 Å². The van der Waals surface area contributed by atoms with Crippen molar-refractivity contribution in [2.45, 2.75) is 13.0 Å². The van der Waals surface area contributed by atoms with E-state index >= 15 is 0 Å². The van der Waals surface area contributed by atoms with Crippen molar-refractivity contribution < 1.29 is 4.74 Å². The van der Waals surface area contributed by atoms with Gasteiger partial charge in [-0.3, -0.25) is 0 Å². The molecule has 1 N–H and O–H groups in total. The lowest BCUT2D eigenvalue weighted by Gasteiger charge is -2.26. The highest BCUT2D eigenvalue weighted by molar-refractivity contribution is 6.25. The summed E-state index contributed by atoms with van der Waals surface area (Å²) in [5.41, 5.74) is 2.76. The SMILES string of the molecule is C/C(=C\Cl)CNC1COC1. The van der Waals surface area contributed by atoms with E-state index in [0.29, 0.717) is 6.04 Å². The summed E-state index contributed by atoms with van der Waals surface area (Å²) in [6, 6.07) is 0.548. The van der Waals surface area contributed by atoms with Crippen LogP contribution in [0.3, 0.4) is 0 Å². The van der Waals surface area contributed by atoms with Crippen LogP contribution in [0.2, 0.25) is 0 Å².